The quantitative estimate of drug-likeness (QED) is 0.794. The highest BCUT2D eigenvalue weighted by molar-refractivity contribution is 5.96. The molecule has 4 heteroatoms. The Bertz CT molecular complexity index is 487. The average Bonchev–Trinajstić information content (AvgIpc) is 2.33. The SMILES string of the molecule is CC1CN(CCC(=O)c2cccc(F)c2)CC(C)(C)O1. The molecule has 0 saturated carbocycles. The van der Waals surface area contributed by atoms with Crippen molar-refractivity contribution < 1.29 is 13.9 Å². The van der Waals surface area contributed by atoms with E-state index in [1.165, 1.54) is 12.1 Å². The monoisotopic (exact) mass is 279 g/mol. The van der Waals surface area contributed by atoms with Crippen LogP contribution in [0, 0.1) is 5.82 Å². The van der Waals surface area contributed by atoms with Gasteiger partial charge < -0.3 is 4.74 Å². The molecule has 3 nitrogen and oxygen atoms in total. The lowest BCUT2D eigenvalue weighted by Gasteiger charge is -2.41. The Balaban J connectivity index is 1.90. The van der Waals surface area contributed by atoms with Crippen LogP contribution in [0.1, 0.15) is 37.6 Å². The molecule has 2 rings (SSSR count). The molecule has 0 amide bonds. The molecule has 1 atom stereocenters. The highest BCUT2D eigenvalue weighted by Crippen LogP contribution is 2.21. The van der Waals surface area contributed by atoms with Crippen LogP contribution in [0.15, 0.2) is 24.3 Å². The number of ketones is 1. The smallest absolute Gasteiger partial charge is 0.164 e. The number of rotatable bonds is 4. The predicted octanol–water partition coefficient (Wildman–Crippen LogP) is 2.90. The van der Waals surface area contributed by atoms with Crippen LogP contribution in [-0.4, -0.2) is 42.0 Å². The molecule has 1 unspecified atom stereocenters. The van der Waals surface area contributed by atoms with Crippen LogP contribution in [0.5, 0.6) is 0 Å². The Labute approximate surface area is 119 Å². The van der Waals surface area contributed by atoms with E-state index in [1.54, 1.807) is 12.1 Å². The van der Waals surface area contributed by atoms with Gasteiger partial charge in [0.1, 0.15) is 5.82 Å². The summed E-state index contributed by atoms with van der Waals surface area (Å²) in [5.41, 5.74) is 0.269. The third kappa shape index (κ3) is 4.12. The van der Waals surface area contributed by atoms with E-state index in [1.807, 2.05) is 6.92 Å². The topological polar surface area (TPSA) is 29.5 Å². The molecular formula is C16H22FNO2. The molecule has 1 aromatic rings. The van der Waals surface area contributed by atoms with Crippen molar-refractivity contribution in [2.75, 3.05) is 19.6 Å². The van der Waals surface area contributed by atoms with Crippen LogP contribution in [-0.2, 0) is 4.74 Å². The third-order valence-electron chi connectivity index (χ3n) is 3.44. The number of morpholine rings is 1. The van der Waals surface area contributed by atoms with Gasteiger partial charge in [-0.05, 0) is 32.9 Å². The third-order valence-corrected chi connectivity index (χ3v) is 3.44. The molecule has 1 saturated heterocycles. The van der Waals surface area contributed by atoms with E-state index in [0.29, 0.717) is 18.5 Å². The Morgan fingerprint density at radius 1 is 1.50 bits per heavy atom. The molecule has 1 aliphatic rings. The first-order valence-electron chi connectivity index (χ1n) is 7.05. The van der Waals surface area contributed by atoms with Crippen LogP contribution in [0.25, 0.3) is 0 Å². The molecule has 1 aliphatic heterocycles. The second kappa shape index (κ2) is 6.02. The van der Waals surface area contributed by atoms with Gasteiger partial charge in [-0.15, -0.1) is 0 Å². The highest BCUT2D eigenvalue weighted by atomic mass is 19.1. The molecule has 0 N–H and O–H groups in total. The van der Waals surface area contributed by atoms with E-state index in [2.05, 4.69) is 18.7 Å². The van der Waals surface area contributed by atoms with Gasteiger partial charge in [-0.25, -0.2) is 4.39 Å². The molecule has 1 heterocycles. The normalized spacial score (nSPS) is 22.7. The number of Topliss-reactive ketones (excluding diaryl/α,β-unsaturated/α-hetero) is 1. The van der Waals surface area contributed by atoms with Gasteiger partial charge in [0.2, 0.25) is 0 Å². The van der Waals surface area contributed by atoms with Gasteiger partial charge in [-0.1, -0.05) is 12.1 Å². The van der Waals surface area contributed by atoms with E-state index < -0.39 is 0 Å². The molecule has 0 aromatic heterocycles. The fourth-order valence-electron chi connectivity index (χ4n) is 2.82. The zero-order valence-electron chi connectivity index (χ0n) is 12.4. The van der Waals surface area contributed by atoms with Crippen molar-refractivity contribution in [2.24, 2.45) is 0 Å². The van der Waals surface area contributed by atoms with Crippen molar-refractivity contribution in [1.29, 1.82) is 0 Å². The fourth-order valence-corrected chi connectivity index (χ4v) is 2.82. The average molecular weight is 279 g/mol. The molecule has 20 heavy (non-hydrogen) atoms. The van der Waals surface area contributed by atoms with Crippen LogP contribution in [0.3, 0.4) is 0 Å². The van der Waals surface area contributed by atoms with Crippen molar-refractivity contribution >= 4 is 5.78 Å². The minimum absolute atomic E-state index is 0.0125. The van der Waals surface area contributed by atoms with Gasteiger partial charge in [0.25, 0.3) is 0 Å². The number of ether oxygens (including phenoxy) is 1. The van der Waals surface area contributed by atoms with Gasteiger partial charge in [-0.3, -0.25) is 9.69 Å². The highest BCUT2D eigenvalue weighted by Gasteiger charge is 2.31. The minimum Gasteiger partial charge on any atom is -0.370 e. The van der Waals surface area contributed by atoms with Gasteiger partial charge in [0.05, 0.1) is 11.7 Å². The van der Waals surface area contributed by atoms with Crippen LogP contribution >= 0.6 is 0 Å². The summed E-state index contributed by atoms with van der Waals surface area (Å²) in [6.45, 7) is 8.50. The summed E-state index contributed by atoms with van der Waals surface area (Å²) >= 11 is 0. The molecule has 1 aromatic carbocycles. The Hall–Kier alpha value is -1.26. The maximum Gasteiger partial charge on any atom is 0.164 e. The first-order valence-corrected chi connectivity index (χ1v) is 7.05. The Morgan fingerprint density at radius 3 is 2.90 bits per heavy atom. The summed E-state index contributed by atoms with van der Waals surface area (Å²) in [4.78, 5) is 14.3. The van der Waals surface area contributed by atoms with Crippen molar-refractivity contribution in [3.8, 4) is 0 Å². The van der Waals surface area contributed by atoms with Crippen LogP contribution < -0.4 is 0 Å². The number of halogens is 1. The number of hydrogen-bond donors (Lipinski definition) is 0. The maximum atomic E-state index is 13.1. The number of benzene rings is 1. The lowest BCUT2D eigenvalue weighted by molar-refractivity contribution is -0.128. The number of hydrogen-bond acceptors (Lipinski definition) is 3. The van der Waals surface area contributed by atoms with Crippen LogP contribution in [0.2, 0.25) is 0 Å². The van der Waals surface area contributed by atoms with Gasteiger partial charge in [0, 0.05) is 31.6 Å². The summed E-state index contributed by atoms with van der Waals surface area (Å²) in [6.07, 6.45) is 0.578. The second-order valence-electron chi connectivity index (χ2n) is 6.11. The minimum atomic E-state index is -0.364. The van der Waals surface area contributed by atoms with Crippen molar-refractivity contribution in [3.05, 3.63) is 35.6 Å². The summed E-state index contributed by atoms with van der Waals surface area (Å²) in [6, 6.07) is 5.89. The first kappa shape index (κ1) is 15.1. The molecule has 0 aliphatic carbocycles. The first-order chi connectivity index (χ1) is 9.35. The lowest BCUT2D eigenvalue weighted by atomic mass is 10.0. The van der Waals surface area contributed by atoms with Crippen molar-refractivity contribution in [2.45, 2.75) is 38.9 Å². The summed E-state index contributed by atoms with van der Waals surface area (Å²) in [5, 5.41) is 0. The largest absolute Gasteiger partial charge is 0.370 e. The standard InChI is InChI=1S/C16H22FNO2/c1-12-10-18(11-16(2,3)20-12)8-7-15(19)13-5-4-6-14(17)9-13/h4-6,9,12H,7-8,10-11H2,1-3H3. The molecule has 1 fully saturated rings. The fraction of sp³-hybridized carbons (Fsp3) is 0.562. The van der Waals surface area contributed by atoms with E-state index in [9.17, 15) is 9.18 Å². The number of carbonyl (C=O) groups is 1. The van der Waals surface area contributed by atoms with Gasteiger partial charge in [-0.2, -0.15) is 0 Å². The molecule has 0 radical (unpaired) electrons. The Morgan fingerprint density at radius 2 is 2.25 bits per heavy atom. The van der Waals surface area contributed by atoms with E-state index >= 15 is 0 Å². The summed E-state index contributed by atoms with van der Waals surface area (Å²) in [7, 11) is 0. The zero-order chi connectivity index (χ0) is 14.8. The summed E-state index contributed by atoms with van der Waals surface area (Å²) in [5.74, 6) is -0.376. The lowest BCUT2D eigenvalue weighted by Crippen LogP contribution is -2.52. The van der Waals surface area contributed by atoms with Crippen molar-refractivity contribution in [3.63, 3.8) is 0 Å². The van der Waals surface area contributed by atoms with Crippen LogP contribution in [0.4, 0.5) is 4.39 Å². The number of carbonyl (C=O) groups excluding carboxylic acids is 1. The van der Waals surface area contributed by atoms with Gasteiger partial charge >= 0.3 is 0 Å². The predicted molar refractivity (Wildman–Crippen MR) is 76.4 cm³/mol. The van der Waals surface area contributed by atoms with E-state index in [0.717, 1.165) is 13.1 Å². The van der Waals surface area contributed by atoms with Gasteiger partial charge in [0.15, 0.2) is 5.78 Å². The zero-order valence-corrected chi connectivity index (χ0v) is 12.4. The summed E-state index contributed by atoms with van der Waals surface area (Å²) < 4.78 is 18.9. The molecule has 110 valence electrons. The number of nitrogens with zero attached hydrogens (tertiary/aromatic N) is 1. The molecule has 0 bridgehead atoms. The maximum absolute atomic E-state index is 13.1. The van der Waals surface area contributed by atoms with E-state index in [-0.39, 0.29) is 23.3 Å². The second-order valence-corrected chi connectivity index (χ2v) is 6.11. The van der Waals surface area contributed by atoms with Crippen molar-refractivity contribution in [1.82, 2.24) is 4.90 Å². The molecule has 0 spiro atoms. The van der Waals surface area contributed by atoms with E-state index in [4.69, 9.17) is 4.74 Å². The molecular weight excluding hydrogens is 257 g/mol. The Kier molecular flexibility index (Phi) is 4.55.